The fourth-order valence-electron chi connectivity index (χ4n) is 1.72. The van der Waals surface area contributed by atoms with Crippen LogP contribution in [0.2, 0.25) is 0 Å². The summed E-state index contributed by atoms with van der Waals surface area (Å²) in [6.45, 7) is 0.826. The Hall–Kier alpha value is -1.46. The molecule has 1 aliphatic rings. The number of hydrogen-bond donors (Lipinski definition) is 1. The van der Waals surface area contributed by atoms with Gasteiger partial charge in [-0.1, -0.05) is 23.5 Å². The Bertz CT molecular complexity index is 537. The molecule has 4 nitrogen and oxygen atoms in total. The van der Waals surface area contributed by atoms with E-state index in [0.29, 0.717) is 6.04 Å². The predicted molar refractivity (Wildman–Crippen MR) is 71.8 cm³/mol. The molecule has 3 rings (SSSR count). The van der Waals surface area contributed by atoms with Crippen molar-refractivity contribution in [3.05, 3.63) is 29.3 Å². The Kier molecular flexibility index (Phi) is 3.25. The molecule has 5 heteroatoms. The van der Waals surface area contributed by atoms with Gasteiger partial charge in [0.2, 0.25) is 0 Å². The minimum atomic E-state index is 0.703. The van der Waals surface area contributed by atoms with E-state index in [1.807, 2.05) is 24.3 Å². The molecule has 0 amide bonds. The molecule has 1 aromatic heterocycles. The summed E-state index contributed by atoms with van der Waals surface area (Å²) in [4.78, 5) is 0. The zero-order chi connectivity index (χ0) is 12.4. The van der Waals surface area contributed by atoms with Crippen LogP contribution < -0.4 is 10.1 Å². The normalized spacial score (nSPS) is 14.7. The number of hydrogen-bond acceptors (Lipinski definition) is 5. The number of nitrogens with zero attached hydrogens (tertiary/aromatic N) is 2. The van der Waals surface area contributed by atoms with Crippen LogP contribution in [-0.2, 0) is 6.54 Å². The summed E-state index contributed by atoms with van der Waals surface area (Å²) in [5.41, 5.74) is 1.06. The summed E-state index contributed by atoms with van der Waals surface area (Å²) < 4.78 is 5.21. The Balaban J connectivity index is 1.74. The second-order valence-corrected chi connectivity index (χ2v) is 5.45. The third-order valence-electron chi connectivity index (χ3n) is 2.90. The fourth-order valence-corrected chi connectivity index (χ4v) is 2.50. The molecule has 1 N–H and O–H groups in total. The highest BCUT2D eigenvalue weighted by Crippen LogP contribution is 2.27. The van der Waals surface area contributed by atoms with E-state index in [9.17, 15) is 0 Å². The van der Waals surface area contributed by atoms with Crippen LogP contribution in [0.5, 0.6) is 5.75 Å². The molecule has 0 spiro atoms. The van der Waals surface area contributed by atoms with Crippen LogP contribution >= 0.6 is 11.3 Å². The van der Waals surface area contributed by atoms with E-state index < -0.39 is 0 Å². The molecule has 1 fully saturated rings. The quantitative estimate of drug-likeness (QED) is 0.898. The molecule has 1 saturated carbocycles. The van der Waals surface area contributed by atoms with E-state index in [1.165, 1.54) is 12.8 Å². The maximum Gasteiger partial charge on any atom is 0.147 e. The lowest BCUT2D eigenvalue weighted by molar-refractivity contribution is 0.415. The summed E-state index contributed by atoms with van der Waals surface area (Å²) in [5.74, 6) is 0.848. The molecule has 0 bridgehead atoms. The molecule has 0 unspecified atom stereocenters. The maximum absolute atomic E-state index is 5.21. The van der Waals surface area contributed by atoms with Gasteiger partial charge in [0.25, 0.3) is 0 Å². The van der Waals surface area contributed by atoms with Crippen LogP contribution in [0.4, 0.5) is 0 Å². The molecule has 1 aromatic carbocycles. The van der Waals surface area contributed by atoms with Crippen LogP contribution in [0.3, 0.4) is 0 Å². The lowest BCUT2D eigenvalue weighted by atomic mass is 10.2. The van der Waals surface area contributed by atoms with Crippen molar-refractivity contribution in [3.63, 3.8) is 0 Å². The van der Waals surface area contributed by atoms with Crippen molar-refractivity contribution in [3.8, 4) is 16.3 Å². The van der Waals surface area contributed by atoms with Gasteiger partial charge in [0.15, 0.2) is 0 Å². The third-order valence-corrected chi connectivity index (χ3v) is 3.88. The number of benzene rings is 1. The van der Waals surface area contributed by atoms with Gasteiger partial charge in [0.1, 0.15) is 15.8 Å². The second-order valence-electron chi connectivity index (χ2n) is 4.39. The topological polar surface area (TPSA) is 47.0 Å². The summed E-state index contributed by atoms with van der Waals surface area (Å²) in [7, 11) is 1.67. The molecule has 2 aromatic rings. The van der Waals surface area contributed by atoms with Gasteiger partial charge in [0.05, 0.1) is 7.11 Å². The van der Waals surface area contributed by atoms with Crippen LogP contribution in [0.1, 0.15) is 17.8 Å². The fraction of sp³-hybridized carbons (Fsp3) is 0.385. The van der Waals surface area contributed by atoms with Crippen molar-refractivity contribution < 1.29 is 4.74 Å². The minimum Gasteiger partial charge on any atom is -0.497 e. The van der Waals surface area contributed by atoms with Gasteiger partial charge in [0, 0.05) is 18.2 Å². The molecular weight excluding hydrogens is 246 g/mol. The van der Waals surface area contributed by atoms with Crippen molar-refractivity contribution in [2.45, 2.75) is 25.4 Å². The highest BCUT2D eigenvalue weighted by Gasteiger charge is 2.20. The van der Waals surface area contributed by atoms with Crippen molar-refractivity contribution in [1.29, 1.82) is 0 Å². The van der Waals surface area contributed by atoms with Gasteiger partial charge in [-0.25, -0.2) is 0 Å². The van der Waals surface area contributed by atoms with E-state index in [0.717, 1.165) is 27.9 Å². The van der Waals surface area contributed by atoms with Crippen molar-refractivity contribution >= 4 is 11.3 Å². The summed E-state index contributed by atoms with van der Waals surface area (Å²) in [6.07, 6.45) is 2.59. The first-order valence-electron chi connectivity index (χ1n) is 6.05. The van der Waals surface area contributed by atoms with Crippen LogP contribution in [0.15, 0.2) is 24.3 Å². The van der Waals surface area contributed by atoms with Crippen LogP contribution in [-0.4, -0.2) is 23.3 Å². The standard InChI is InChI=1S/C13H15N3OS/c1-17-11-4-2-3-9(7-11)13-16-15-12(18-13)8-14-10-5-6-10/h2-4,7,10,14H,5-6,8H2,1H3. The lowest BCUT2D eigenvalue weighted by Gasteiger charge is -2.00. The molecule has 1 aliphatic carbocycles. The van der Waals surface area contributed by atoms with Gasteiger partial charge >= 0.3 is 0 Å². The largest absolute Gasteiger partial charge is 0.497 e. The highest BCUT2D eigenvalue weighted by atomic mass is 32.1. The number of methoxy groups -OCH3 is 1. The van der Waals surface area contributed by atoms with Gasteiger partial charge in [-0.05, 0) is 25.0 Å². The van der Waals surface area contributed by atoms with E-state index in [2.05, 4.69) is 15.5 Å². The average Bonchev–Trinajstić information content (AvgIpc) is 3.13. The smallest absolute Gasteiger partial charge is 0.147 e. The van der Waals surface area contributed by atoms with Gasteiger partial charge < -0.3 is 10.1 Å². The van der Waals surface area contributed by atoms with E-state index in [-0.39, 0.29) is 0 Å². The van der Waals surface area contributed by atoms with Crippen molar-refractivity contribution in [1.82, 2.24) is 15.5 Å². The first-order valence-corrected chi connectivity index (χ1v) is 6.87. The third kappa shape index (κ3) is 2.68. The Morgan fingerprint density at radius 1 is 1.39 bits per heavy atom. The zero-order valence-electron chi connectivity index (χ0n) is 10.2. The van der Waals surface area contributed by atoms with Crippen LogP contribution in [0, 0.1) is 0 Å². The van der Waals surface area contributed by atoms with E-state index in [4.69, 9.17) is 4.74 Å². The molecule has 1 heterocycles. The Labute approximate surface area is 110 Å². The molecule has 0 atom stereocenters. The molecule has 0 aliphatic heterocycles. The maximum atomic E-state index is 5.21. The van der Waals surface area contributed by atoms with Gasteiger partial charge in [-0.15, -0.1) is 10.2 Å². The average molecular weight is 261 g/mol. The number of rotatable bonds is 5. The van der Waals surface area contributed by atoms with Gasteiger partial charge in [-0.3, -0.25) is 0 Å². The Morgan fingerprint density at radius 3 is 3.06 bits per heavy atom. The number of aromatic nitrogens is 2. The van der Waals surface area contributed by atoms with E-state index in [1.54, 1.807) is 18.4 Å². The molecule has 0 saturated heterocycles. The number of nitrogens with one attached hydrogen (secondary N) is 1. The van der Waals surface area contributed by atoms with Crippen molar-refractivity contribution in [2.75, 3.05) is 7.11 Å². The summed E-state index contributed by atoms with van der Waals surface area (Å²) in [6, 6.07) is 8.62. The molecule has 94 valence electrons. The second kappa shape index (κ2) is 5.04. The Morgan fingerprint density at radius 2 is 2.28 bits per heavy atom. The summed E-state index contributed by atoms with van der Waals surface area (Å²) in [5, 5.41) is 13.9. The van der Waals surface area contributed by atoms with Crippen LogP contribution in [0.25, 0.3) is 10.6 Å². The minimum absolute atomic E-state index is 0.703. The zero-order valence-corrected chi connectivity index (χ0v) is 11.0. The molecular formula is C13H15N3OS. The summed E-state index contributed by atoms with van der Waals surface area (Å²) >= 11 is 1.63. The predicted octanol–water partition coefficient (Wildman–Crippen LogP) is 2.47. The molecule has 18 heavy (non-hydrogen) atoms. The first-order chi connectivity index (χ1) is 8.85. The first kappa shape index (κ1) is 11.6. The van der Waals surface area contributed by atoms with Crippen molar-refractivity contribution in [2.24, 2.45) is 0 Å². The number of ether oxygens (including phenoxy) is 1. The monoisotopic (exact) mass is 261 g/mol. The highest BCUT2D eigenvalue weighted by molar-refractivity contribution is 7.14. The van der Waals surface area contributed by atoms with Gasteiger partial charge in [-0.2, -0.15) is 0 Å². The molecule has 0 radical (unpaired) electrons. The SMILES string of the molecule is COc1cccc(-c2nnc(CNC3CC3)s2)c1. The lowest BCUT2D eigenvalue weighted by Crippen LogP contribution is -2.14. The van der Waals surface area contributed by atoms with E-state index >= 15 is 0 Å².